The molecule has 0 aromatic heterocycles. The molecule has 5 heteroatoms. The van der Waals surface area contributed by atoms with Crippen LogP contribution in [-0.4, -0.2) is 14.7 Å². The summed E-state index contributed by atoms with van der Waals surface area (Å²) >= 11 is 0. The third-order valence-corrected chi connectivity index (χ3v) is 2.60. The van der Waals surface area contributed by atoms with Gasteiger partial charge in [0, 0.05) is 18.4 Å². The van der Waals surface area contributed by atoms with Gasteiger partial charge in [-0.1, -0.05) is 12.1 Å². The van der Waals surface area contributed by atoms with Gasteiger partial charge in [-0.3, -0.25) is 0 Å². The second-order valence-corrected chi connectivity index (χ2v) is 5.34. The van der Waals surface area contributed by atoms with E-state index in [0.717, 1.165) is 11.8 Å². The first-order valence-electron chi connectivity index (χ1n) is 4.07. The topological polar surface area (TPSA) is 60.2 Å². The van der Waals surface area contributed by atoms with Crippen molar-refractivity contribution in [2.45, 2.75) is 12.3 Å². The maximum absolute atomic E-state index is 13.1. The van der Waals surface area contributed by atoms with E-state index in [-0.39, 0.29) is 17.9 Å². The summed E-state index contributed by atoms with van der Waals surface area (Å²) in [5.74, 6) is -0.792. The summed E-state index contributed by atoms with van der Waals surface area (Å²) in [5.41, 5.74) is 6.26. The highest BCUT2D eigenvalue weighted by Crippen LogP contribution is 2.13. The van der Waals surface area contributed by atoms with Crippen LogP contribution in [0.3, 0.4) is 0 Å². The minimum atomic E-state index is -3.21. The molecule has 0 aliphatic rings. The van der Waals surface area contributed by atoms with Crippen molar-refractivity contribution in [3.8, 4) is 0 Å². The molecule has 1 aromatic rings. The number of rotatable bonds is 3. The van der Waals surface area contributed by atoms with Gasteiger partial charge in [0.15, 0.2) is 9.84 Å². The maximum Gasteiger partial charge on any atom is 0.151 e. The summed E-state index contributed by atoms with van der Waals surface area (Å²) < 4.78 is 35.0. The molecule has 0 aliphatic heterocycles. The van der Waals surface area contributed by atoms with E-state index < -0.39 is 15.7 Å². The lowest BCUT2D eigenvalue weighted by molar-refractivity contribution is 0.591. The Morgan fingerprint density at radius 3 is 2.57 bits per heavy atom. The Balaban J connectivity index is 3.07. The van der Waals surface area contributed by atoms with Crippen LogP contribution in [0.4, 0.5) is 4.39 Å². The molecule has 0 radical (unpaired) electrons. The largest absolute Gasteiger partial charge is 0.326 e. The minimum Gasteiger partial charge on any atom is -0.326 e. The highest BCUT2D eigenvalue weighted by atomic mass is 32.2. The lowest BCUT2D eigenvalue weighted by Gasteiger charge is -2.04. The quantitative estimate of drug-likeness (QED) is 0.815. The fourth-order valence-electron chi connectivity index (χ4n) is 1.15. The van der Waals surface area contributed by atoms with Crippen molar-refractivity contribution in [2.75, 3.05) is 6.26 Å². The first-order chi connectivity index (χ1) is 6.42. The Labute approximate surface area is 82.7 Å². The van der Waals surface area contributed by atoms with Crippen LogP contribution >= 0.6 is 0 Å². The van der Waals surface area contributed by atoms with E-state index in [0.29, 0.717) is 0 Å². The molecule has 2 N–H and O–H groups in total. The van der Waals surface area contributed by atoms with E-state index in [1.807, 2.05) is 0 Å². The Morgan fingerprint density at radius 1 is 1.43 bits per heavy atom. The smallest absolute Gasteiger partial charge is 0.151 e. The molecule has 0 amide bonds. The van der Waals surface area contributed by atoms with Crippen LogP contribution < -0.4 is 5.73 Å². The third-order valence-electron chi connectivity index (χ3n) is 1.76. The number of benzene rings is 1. The zero-order chi connectivity index (χ0) is 10.8. The maximum atomic E-state index is 13.1. The third kappa shape index (κ3) is 3.08. The van der Waals surface area contributed by atoms with Crippen LogP contribution in [0.25, 0.3) is 0 Å². The first-order valence-corrected chi connectivity index (χ1v) is 6.13. The van der Waals surface area contributed by atoms with Gasteiger partial charge >= 0.3 is 0 Å². The van der Waals surface area contributed by atoms with Crippen LogP contribution in [0.1, 0.15) is 11.1 Å². The summed E-state index contributed by atoms with van der Waals surface area (Å²) in [6.07, 6.45) is 1.07. The van der Waals surface area contributed by atoms with Crippen molar-refractivity contribution in [2.24, 2.45) is 5.73 Å². The number of sulfone groups is 1. The normalized spacial score (nSPS) is 11.6. The predicted molar refractivity (Wildman–Crippen MR) is 52.8 cm³/mol. The van der Waals surface area contributed by atoms with Crippen LogP contribution in [0.15, 0.2) is 18.2 Å². The molecular formula is C9H12FNO2S. The molecule has 1 rings (SSSR count). The van der Waals surface area contributed by atoms with E-state index in [9.17, 15) is 12.8 Å². The lowest BCUT2D eigenvalue weighted by atomic mass is 10.1. The predicted octanol–water partition coefficient (Wildman–Crippen LogP) is 0.829. The minimum absolute atomic E-state index is 0.176. The van der Waals surface area contributed by atoms with Crippen LogP contribution in [0.5, 0.6) is 0 Å². The number of nitrogens with two attached hydrogens (primary N) is 1. The molecular weight excluding hydrogens is 205 g/mol. The van der Waals surface area contributed by atoms with Gasteiger partial charge in [-0.15, -0.1) is 0 Å². The molecule has 0 unspecified atom stereocenters. The summed E-state index contributed by atoms with van der Waals surface area (Å²) in [6.45, 7) is 0.275. The lowest BCUT2D eigenvalue weighted by Crippen LogP contribution is -2.05. The summed E-state index contributed by atoms with van der Waals surface area (Å²) in [4.78, 5) is 0. The Kier molecular flexibility index (Phi) is 3.23. The molecule has 0 spiro atoms. The molecule has 1 aromatic carbocycles. The summed E-state index contributed by atoms with van der Waals surface area (Å²) in [5, 5.41) is 0. The standard InChI is InChI=1S/C9H12FNO2S/c1-14(12,13)6-8-4-7(5-11)2-3-9(8)10/h2-4H,5-6,11H2,1H3. The molecule has 0 heterocycles. The average Bonchev–Trinajstić information content (AvgIpc) is 2.06. The molecule has 0 bridgehead atoms. The fraction of sp³-hybridized carbons (Fsp3) is 0.333. The van der Waals surface area contributed by atoms with Gasteiger partial charge in [0.05, 0.1) is 5.75 Å². The fourth-order valence-corrected chi connectivity index (χ4v) is 1.93. The molecule has 78 valence electrons. The molecule has 0 saturated carbocycles. The van der Waals surface area contributed by atoms with Gasteiger partial charge < -0.3 is 5.73 Å². The van der Waals surface area contributed by atoms with Crippen LogP contribution in [-0.2, 0) is 22.1 Å². The van der Waals surface area contributed by atoms with E-state index in [4.69, 9.17) is 5.73 Å². The molecule has 14 heavy (non-hydrogen) atoms. The van der Waals surface area contributed by atoms with E-state index in [1.165, 1.54) is 12.1 Å². The summed E-state index contributed by atoms with van der Waals surface area (Å²) in [7, 11) is -3.21. The molecule has 0 aliphatic carbocycles. The van der Waals surface area contributed by atoms with Gasteiger partial charge in [0.25, 0.3) is 0 Å². The van der Waals surface area contributed by atoms with Crippen molar-refractivity contribution in [1.29, 1.82) is 0 Å². The summed E-state index contributed by atoms with van der Waals surface area (Å²) in [6, 6.07) is 4.26. The van der Waals surface area contributed by atoms with Crippen molar-refractivity contribution >= 4 is 9.84 Å². The highest BCUT2D eigenvalue weighted by molar-refractivity contribution is 7.89. The Bertz CT molecular complexity index is 428. The van der Waals surface area contributed by atoms with E-state index in [2.05, 4.69) is 0 Å². The van der Waals surface area contributed by atoms with Crippen molar-refractivity contribution < 1.29 is 12.8 Å². The van der Waals surface area contributed by atoms with Gasteiger partial charge in [-0.05, 0) is 11.6 Å². The van der Waals surface area contributed by atoms with Crippen molar-refractivity contribution in [3.05, 3.63) is 35.1 Å². The van der Waals surface area contributed by atoms with Gasteiger partial charge in [0.2, 0.25) is 0 Å². The van der Waals surface area contributed by atoms with Crippen LogP contribution in [0.2, 0.25) is 0 Å². The Hall–Kier alpha value is -0.940. The molecule has 3 nitrogen and oxygen atoms in total. The zero-order valence-electron chi connectivity index (χ0n) is 7.83. The van der Waals surface area contributed by atoms with Crippen molar-refractivity contribution in [3.63, 3.8) is 0 Å². The van der Waals surface area contributed by atoms with Crippen molar-refractivity contribution in [1.82, 2.24) is 0 Å². The van der Waals surface area contributed by atoms with E-state index >= 15 is 0 Å². The number of halogens is 1. The first kappa shape index (κ1) is 11.1. The number of hydrogen-bond acceptors (Lipinski definition) is 3. The number of hydrogen-bond donors (Lipinski definition) is 1. The highest BCUT2D eigenvalue weighted by Gasteiger charge is 2.09. The SMILES string of the molecule is CS(=O)(=O)Cc1cc(CN)ccc1F. The van der Waals surface area contributed by atoms with Gasteiger partial charge in [-0.2, -0.15) is 0 Å². The molecule has 0 saturated heterocycles. The Morgan fingerprint density at radius 2 is 2.07 bits per heavy atom. The average molecular weight is 217 g/mol. The van der Waals surface area contributed by atoms with Crippen LogP contribution in [0, 0.1) is 5.82 Å². The second-order valence-electron chi connectivity index (χ2n) is 3.20. The zero-order valence-corrected chi connectivity index (χ0v) is 8.64. The monoisotopic (exact) mass is 217 g/mol. The van der Waals surface area contributed by atoms with Gasteiger partial charge in [0.1, 0.15) is 5.82 Å². The molecule has 0 fully saturated rings. The van der Waals surface area contributed by atoms with E-state index in [1.54, 1.807) is 6.07 Å². The second kappa shape index (κ2) is 4.06. The van der Waals surface area contributed by atoms with Gasteiger partial charge in [-0.25, -0.2) is 12.8 Å². The molecule has 0 atom stereocenters.